The van der Waals surface area contributed by atoms with Crippen LogP contribution >= 0.6 is 0 Å². The van der Waals surface area contributed by atoms with Crippen molar-refractivity contribution in [2.45, 2.75) is 83.0 Å². The van der Waals surface area contributed by atoms with Crippen molar-refractivity contribution < 1.29 is 29.1 Å². The molecule has 0 aliphatic rings. The molecule has 0 fully saturated rings. The molecule has 0 aromatic carbocycles. The summed E-state index contributed by atoms with van der Waals surface area (Å²) in [6.07, 6.45) is 1.54. The Labute approximate surface area is 216 Å². The maximum absolute atomic E-state index is 13.0. The van der Waals surface area contributed by atoms with E-state index >= 15 is 0 Å². The molecule has 0 radical (unpaired) electrons. The number of unbranched alkanes of at least 4 members (excludes halogenated alkanes) is 1. The highest BCUT2D eigenvalue weighted by molar-refractivity contribution is 5.96. The first-order valence-electron chi connectivity index (χ1n) is 12.3. The van der Waals surface area contributed by atoms with Crippen LogP contribution in [0.15, 0.2) is 4.99 Å². The number of carbonyl (C=O) groups is 5. The molecule has 15 heteroatoms. The molecule has 0 bridgehead atoms. The number of aliphatic carboxylic acids is 1. The zero-order chi connectivity index (χ0) is 28.5. The minimum Gasteiger partial charge on any atom is -0.480 e. The number of primary amides is 1. The van der Waals surface area contributed by atoms with Gasteiger partial charge in [-0.1, -0.05) is 20.3 Å². The van der Waals surface area contributed by atoms with Gasteiger partial charge in [0.05, 0.1) is 12.5 Å². The Balaban J connectivity index is 5.55. The Morgan fingerprint density at radius 1 is 0.838 bits per heavy atom. The van der Waals surface area contributed by atoms with Gasteiger partial charge in [-0.25, -0.2) is 4.79 Å². The third-order valence-corrected chi connectivity index (χ3v) is 5.74. The minimum absolute atomic E-state index is 0.0369. The summed E-state index contributed by atoms with van der Waals surface area (Å²) in [6.45, 7) is 4.13. The number of carboxylic acids is 1. The lowest BCUT2D eigenvalue weighted by molar-refractivity contribution is -0.142. The number of aliphatic imine (C=N–C) groups is 1. The average Bonchev–Trinajstić information content (AvgIpc) is 2.82. The standard InChI is InChI=1S/C22H43N9O6/c1-3-12(2)17(25)20(35)31-15(11-16(24)32)19(34)29-13(7-4-5-9-23)18(33)30-14(21(36)37)8-6-10-28-22(26)27/h12-15,17H,3-11,23,25H2,1-2H3,(H2,24,32)(H,29,34)(H,30,33)(H,31,35)(H,36,37)(H4,26,27,28). The fraction of sp³-hybridized carbons (Fsp3) is 0.727. The molecule has 5 atom stereocenters. The van der Waals surface area contributed by atoms with Crippen LogP contribution in [-0.4, -0.2) is 77.9 Å². The van der Waals surface area contributed by atoms with Crippen LogP contribution in [0.1, 0.15) is 58.8 Å². The van der Waals surface area contributed by atoms with E-state index in [-0.39, 0.29) is 37.7 Å². The molecule has 0 spiro atoms. The van der Waals surface area contributed by atoms with Gasteiger partial charge in [-0.15, -0.1) is 0 Å². The molecule has 0 aliphatic carbocycles. The maximum atomic E-state index is 13.0. The van der Waals surface area contributed by atoms with Crippen LogP contribution in [0.4, 0.5) is 0 Å². The van der Waals surface area contributed by atoms with Crippen molar-refractivity contribution in [2.24, 2.45) is 39.6 Å². The molecule has 15 nitrogen and oxygen atoms in total. The molecule has 0 aromatic heterocycles. The minimum atomic E-state index is -1.38. The molecular weight excluding hydrogens is 486 g/mol. The van der Waals surface area contributed by atoms with Crippen molar-refractivity contribution in [3.8, 4) is 0 Å². The second-order valence-electron chi connectivity index (χ2n) is 8.84. The summed E-state index contributed by atoms with van der Waals surface area (Å²) in [5.41, 5.74) is 27.2. The number of nitrogens with one attached hydrogen (secondary N) is 3. The normalized spacial score (nSPS) is 14.8. The van der Waals surface area contributed by atoms with E-state index in [1.54, 1.807) is 6.92 Å². The molecule has 0 heterocycles. The van der Waals surface area contributed by atoms with Crippen molar-refractivity contribution in [3.63, 3.8) is 0 Å². The summed E-state index contributed by atoms with van der Waals surface area (Å²) in [5.74, 6) is -4.69. The van der Waals surface area contributed by atoms with Crippen molar-refractivity contribution in [1.29, 1.82) is 0 Å². The number of nitrogens with zero attached hydrogens (tertiary/aromatic N) is 1. The van der Waals surface area contributed by atoms with E-state index in [2.05, 4.69) is 20.9 Å². The van der Waals surface area contributed by atoms with E-state index < -0.39 is 60.2 Å². The fourth-order valence-corrected chi connectivity index (χ4v) is 3.26. The molecule has 37 heavy (non-hydrogen) atoms. The van der Waals surface area contributed by atoms with Crippen LogP contribution in [0.3, 0.4) is 0 Å². The van der Waals surface area contributed by atoms with Crippen LogP contribution < -0.4 is 44.6 Å². The molecule has 0 saturated heterocycles. The van der Waals surface area contributed by atoms with Crippen LogP contribution in [-0.2, 0) is 24.0 Å². The van der Waals surface area contributed by atoms with Gasteiger partial charge in [0.1, 0.15) is 18.1 Å². The number of guanidine groups is 1. The number of rotatable bonds is 19. The topological polar surface area (TPSA) is 284 Å². The SMILES string of the molecule is CCC(C)C(N)C(=O)NC(CC(N)=O)C(=O)NC(CCCCN)C(=O)NC(CCCN=C(N)N)C(=O)O. The molecule has 0 aromatic rings. The number of hydrogen-bond donors (Lipinski definition) is 9. The predicted molar refractivity (Wildman–Crippen MR) is 137 cm³/mol. The Bertz CT molecular complexity index is 804. The first-order valence-corrected chi connectivity index (χ1v) is 12.3. The second-order valence-corrected chi connectivity index (χ2v) is 8.84. The highest BCUT2D eigenvalue weighted by atomic mass is 16.4. The lowest BCUT2D eigenvalue weighted by atomic mass is 9.98. The molecule has 4 amide bonds. The van der Waals surface area contributed by atoms with E-state index in [0.29, 0.717) is 25.8 Å². The smallest absolute Gasteiger partial charge is 0.326 e. The quantitative estimate of drug-likeness (QED) is 0.0463. The average molecular weight is 530 g/mol. The maximum Gasteiger partial charge on any atom is 0.326 e. The van der Waals surface area contributed by atoms with E-state index in [0.717, 1.165) is 0 Å². The summed E-state index contributed by atoms with van der Waals surface area (Å²) < 4.78 is 0. The van der Waals surface area contributed by atoms with Gasteiger partial charge >= 0.3 is 5.97 Å². The Morgan fingerprint density at radius 2 is 1.38 bits per heavy atom. The highest BCUT2D eigenvalue weighted by Gasteiger charge is 2.31. The molecule has 5 unspecified atom stereocenters. The second kappa shape index (κ2) is 17.9. The lowest BCUT2D eigenvalue weighted by Crippen LogP contribution is -2.58. The van der Waals surface area contributed by atoms with E-state index in [1.807, 2.05) is 6.92 Å². The first kappa shape index (κ1) is 33.5. The number of hydrogen-bond acceptors (Lipinski definition) is 8. The van der Waals surface area contributed by atoms with Gasteiger partial charge in [-0.05, 0) is 44.6 Å². The Kier molecular flexibility index (Phi) is 16.2. The fourth-order valence-electron chi connectivity index (χ4n) is 3.26. The summed E-state index contributed by atoms with van der Waals surface area (Å²) >= 11 is 0. The first-order chi connectivity index (χ1) is 17.3. The molecule has 212 valence electrons. The molecule has 14 N–H and O–H groups in total. The number of amides is 4. The molecule has 0 aliphatic heterocycles. The van der Waals surface area contributed by atoms with Crippen LogP contribution in [0.5, 0.6) is 0 Å². The third kappa shape index (κ3) is 14.0. The van der Waals surface area contributed by atoms with Crippen molar-refractivity contribution in [2.75, 3.05) is 13.1 Å². The number of nitrogens with two attached hydrogens (primary N) is 5. The molecule has 0 rings (SSSR count). The van der Waals surface area contributed by atoms with Crippen molar-refractivity contribution >= 4 is 35.6 Å². The summed E-state index contributed by atoms with van der Waals surface area (Å²) in [5, 5.41) is 16.8. The van der Waals surface area contributed by atoms with Gasteiger partial charge in [0.25, 0.3) is 0 Å². The van der Waals surface area contributed by atoms with Gasteiger partial charge < -0.3 is 49.7 Å². The van der Waals surface area contributed by atoms with Gasteiger partial charge in [-0.3, -0.25) is 24.2 Å². The van der Waals surface area contributed by atoms with Crippen LogP contribution in [0, 0.1) is 5.92 Å². The van der Waals surface area contributed by atoms with E-state index in [9.17, 15) is 29.1 Å². The van der Waals surface area contributed by atoms with Gasteiger partial charge in [0.2, 0.25) is 23.6 Å². The van der Waals surface area contributed by atoms with E-state index in [4.69, 9.17) is 28.7 Å². The van der Waals surface area contributed by atoms with Crippen molar-refractivity contribution in [1.82, 2.24) is 16.0 Å². The monoisotopic (exact) mass is 529 g/mol. The van der Waals surface area contributed by atoms with Crippen LogP contribution in [0.25, 0.3) is 0 Å². The summed E-state index contributed by atoms with van der Waals surface area (Å²) in [4.78, 5) is 65.4. The predicted octanol–water partition coefficient (Wildman–Crippen LogP) is -3.04. The number of carbonyl (C=O) groups excluding carboxylic acids is 4. The zero-order valence-corrected chi connectivity index (χ0v) is 21.6. The van der Waals surface area contributed by atoms with E-state index in [1.165, 1.54) is 0 Å². The van der Waals surface area contributed by atoms with Gasteiger partial charge in [-0.2, -0.15) is 0 Å². The largest absolute Gasteiger partial charge is 0.480 e. The highest BCUT2D eigenvalue weighted by Crippen LogP contribution is 2.08. The van der Waals surface area contributed by atoms with Crippen molar-refractivity contribution in [3.05, 3.63) is 0 Å². The third-order valence-electron chi connectivity index (χ3n) is 5.74. The zero-order valence-electron chi connectivity index (χ0n) is 21.6. The Hall–Kier alpha value is -3.46. The Morgan fingerprint density at radius 3 is 1.89 bits per heavy atom. The van der Waals surface area contributed by atoms with Gasteiger partial charge in [0.15, 0.2) is 5.96 Å². The van der Waals surface area contributed by atoms with Gasteiger partial charge in [0, 0.05) is 6.54 Å². The summed E-state index contributed by atoms with van der Waals surface area (Å²) in [6, 6.07) is -4.72. The molecule has 0 saturated carbocycles. The summed E-state index contributed by atoms with van der Waals surface area (Å²) in [7, 11) is 0. The van der Waals surface area contributed by atoms with Crippen LogP contribution in [0.2, 0.25) is 0 Å². The molecular formula is C22H43N9O6. The lowest BCUT2D eigenvalue weighted by Gasteiger charge is -2.25. The number of carboxylic acid groups (broad SMARTS) is 1.